The van der Waals surface area contributed by atoms with Crippen LogP contribution in [-0.4, -0.2) is 22.4 Å². The Kier molecular flexibility index (Phi) is 2.59. The Labute approximate surface area is 99.6 Å². The van der Waals surface area contributed by atoms with Crippen LogP contribution in [0.1, 0.15) is 18.5 Å². The Morgan fingerprint density at radius 2 is 2.41 bits per heavy atom. The lowest BCUT2D eigenvalue weighted by atomic mass is 10.1. The summed E-state index contributed by atoms with van der Waals surface area (Å²) in [6.45, 7) is 1.10. The van der Waals surface area contributed by atoms with Crippen LogP contribution in [0.2, 0.25) is 0 Å². The van der Waals surface area contributed by atoms with E-state index in [4.69, 9.17) is 0 Å². The molecule has 3 rings (SSSR count). The van der Waals surface area contributed by atoms with Crippen LogP contribution in [-0.2, 0) is 13.5 Å². The summed E-state index contributed by atoms with van der Waals surface area (Å²) in [6, 6.07) is 5.42. The van der Waals surface area contributed by atoms with Gasteiger partial charge in [0.15, 0.2) is 0 Å². The van der Waals surface area contributed by atoms with Crippen LogP contribution < -0.4 is 5.32 Å². The zero-order chi connectivity index (χ0) is 11.8. The number of halogens is 1. The molecule has 4 heteroatoms. The van der Waals surface area contributed by atoms with E-state index in [-0.39, 0.29) is 5.82 Å². The molecule has 1 aliphatic heterocycles. The van der Waals surface area contributed by atoms with E-state index in [0.29, 0.717) is 6.04 Å². The van der Waals surface area contributed by atoms with Crippen molar-refractivity contribution in [3.05, 3.63) is 29.7 Å². The summed E-state index contributed by atoms with van der Waals surface area (Å²) in [5.74, 6) is -0.203. The summed E-state index contributed by atoms with van der Waals surface area (Å²) >= 11 is 0. The van der Waals surface area contributed by atoms with Gasteiger partial charge in [-0.2, -0.15) is 5.10 Å². The number of fused-ring (bicyclic) bond motifs is 1. The highest BCUT2D eigenvalue weighted by Crippen LogP contribution is 2.21. The van der Waals surface area contributed by atoms with E-state index in [0.717, 1.165) is 29.6 Å². The molecule has 90 valence electrons. The standard InChI is InChI=1S/C13H16FN3/c1-17-13-7-9(14)4-5-11(13)12(16-17)8-10-3-2-6-15-10/h4-5,7,10,15H,2-3,6,8H2,1H3. The molecule has 0 aliphatic carbocycles. The normalized spacial score (nSPS) is 20.2. The molecule has 0 saturated carbocycles. The predicted octanol–water partition coefficient (Wildman–Crippen LogP) is 2.01. The van der Waals surface area contributed by atoms with Crippen LogP contribution in [0.5, 0.6) is 0 Å². The van der Waals surface area contributed by atoms with Gasteiger partial charge in [-0.1, -0.05) is 0 Å². The SMILES string of the molecule is Cn1nc(CC2CCCN2)c2ccc(F)cc21. The fourth-order valence-electron chi connectivity index (χ4n) is 2.62. The molecule has 17 heavy (non-hydrogen) atoms. The molecule has 0 radical (unpaired) electrons. The molecule has 0 spiro atoms. The molecule has 1 atom stereocenters. The van der Waals surface area contributed by atoms with Gasteiger partial charge in [-0.15, -0.1) is 0 Å². The lowest BCUT2D eigenvalue weighted by Gasteiger charge is -2.07. The van der Waals surface area contributed by atoms with Crippen molar-refractivity contribution in [1.82, 2.24) is 15.1 Å². The lowest BCUT2D eigenvalue weighted by Crippen LogP contribution is -2.23. The number of aryl methyl sites for hydroxylation is 1. The molecule has 1 unspecified atom stereocenters. The topological polar surface area (TPSA) is 29.9 Å². The minimum Gasteiger partial charge on any atom is -0.314 e. The molecule has 2 aromatic rings. The number of benzene rings is 1. The number of hydrogen-bond acceptors (Lipinski definition) is 2. The highest BCUT2D eigenvalue weighted by atomic mass is 19.1. The van der Waals surface area contributed by atoms with Crippen molar-refractivity contribution >= 4 is 10.9 Å². The second-order valence-electron chi connectivity index (χ2n) is 4.73. The van der Waals surface area contributed by atoms with Crippen LogP contribution in [0.15, 0.2) is 18.2 Å². The van der Waals surface area contributed by atoms with Crippen molar-refractivity contribution < 1.29 is 4.39 Å². The molecule has 1 aromatic heterocycles. The Morgan fingerprint density at radius 3 is 3.18 bits per heavy atom. The van der Waals surface area contributed by atoms with Gasteiger partial charge in [0.25, 0.3) is 0 Å². The summed E-state index contributed by atoms with van der Waals surface area (Å²) in [5, 5.41) is 9.04. The van der Waals surface area contributed by atoms with Gasteiger partial charge in [-0.05, 0) is 37.6 Å². The fraction of sp³-hybridized carbons (Fsp3) is 0.462. The maximum absolute atomic E-state index is 13.2. The molecule has 1 fully saturated rings. The van der Waals surface area contributed by atoms with Crippen molar-refractivity contribution in [3.63, 3.8) is 0 Å². The third-order valence-electron chi connectivity index (χ3n) is 3.49. The Hall–Kier alpha value is -1.42. The smallest absolute Gasteiger partial charge is 0.125 e. The van der Waals surface area contributed by atoms with Crippen LogP contribution in [0.3, 0.4) is 0 Å². The van der Waals surface area contributed by atoms with E-state index >= 15 is 0 Å². The molecular formula is C13H16FN3. The van der Waals surface area contributed by atoms with Gasteiger partial charge in [-0.3, -0.25) is 4.68 Å². The van der Waals surface area contributed by atoms with Crippen molar-refractivity contribution in [2.45, 2.75) is 25.3 Å². The third kappa shape index (κ3) is 1.93. The Bertz CT molecular complexity index is 541. The first kappa shape index (κ1) is 10.7. The van der Waals surface area contributed by atoms with Gasteiger partial charge in [-0.25, -0.2) is 4.39 Å². The minimum atomic E-state index is -0.203. The van der Waals surface area contributed by atoms with E-state index in [1.54, 1.807) is 10.7 Å². The van der Waals surface area contributed by atoms with E-state index < -0.39 is 0 Å². The quantitative estimate of drug-likeness (QED) is 0.860. The van der Waals surface area contributed by atoms with Gasteiger partial charge in [0.1, 0.15) is 5.82 Å². The zero-order valence-electron chi connectivity index (χ0n) is 9.91. The van der Waals surface area contributed by atoms with Gasteiger partial charge < -0.3 is 5.32 Å². The fourth-order valence-corrected chi connectivity index (χ4v) is 2.62. The van der Waals surface area contributed by atoms with E-state index in [1.165, 1.54) is 18.9 Å². The highest BCUT2D eigenvalue weighted by molar-refractivity contribution is 5.82. The molecule has 0 bridgehead atoms. The molecule has 1 saturated heterocycles. The molecule has 1 aromatic carbocycles. The number of nitrogens with one attached hydrogen (secondary N) is 1. The lowest BCUT2D eigenvalue weighted by molar-refractivity contribution is 0.589. The van der Waals surface area contributed by atoms with Gasteiger partial charge in [0.2, 0.25) is 0 Å². The Morgan fingerprint density at radius 1 is 1.53 bits per heavy atom. The van der Waals surface area contributed by atoms with Gasteiger partial charge >= 0.3 is 0 Å². The first-order valence-electron chi connectivity index (χ1n) is 6.08. The average Bonchev–Trinajstić information content (AvgIpc) is 2.89. The predicted molar refractivity (Wildman–Crippen MR) is 65.4 cm³/mol. The van der Waals surface area contributed by atoms with Crippen molar-refractivity contribution in [2.75, 3.05) is 6.54 Å². The second-order valence-corrected chi connectivity index (χ2v) is 4.73. The third-order valence-corrected chi connectivity index (χ3v) is 3.49. The molecule has 1 aliphatic rings. The first-order chi connectivity index (χ1) is 8.24. The molecule has 2 heterocycles. The maximum Gasteiger partial charge on any atom is 0.125 e. The summed E-state index contributed by atoms with van der Waals surface area (Å²) in [6.07, 6.45) is 3.38. The van der Waals surface area contributed by atoms with E-state index in [9.17, 15) is 4.39 Å². The summed E-state index contributed by atoms with van der Waals surface area (Å²) in [7, 11) is 1.87. The minimum absolute atomic E-state index is 0.203. The zero-order valence-corrected chi connectivity index (χ0v) is 9.91. The molecule has 0 amide bonds. The molecular weight excluding hydrogens is 217 g/mol. The summed E-state index contributed by atoms with van der Waals surface area (Å²) < 4.78 is 14.9. The number of nitrogens with zero attached hydrogens (tertiary/aromatic N) is 2. The molecule has 1 N–H and O–H groups in total. The average molecular weight is 233 g/mol. The van der Waals surface area contributed by atoms with Crippen molar-refractivity contribution in [1.29, 1.82) is 0 Å². The van der Waals surface area contributed by atoms with Gasteiger partial charge in [0, 0.05) is 24.9 Å². The maximum atomic E-state index is 13.2. The van der Waals surface area contributed by atoms with Crippen molar-refractivity contribution in [2.24, 2.45) is 7.05 Å². The number of hydrogen-bond donors (Lipinski definition) is 1. The Balaban J connectivity index is 1.98. The van der Waals surface area contributed by atoms with Gasteiger partial charge in [0.05, 0.1) is 11.2 Å². The van der Waals surface area contributed by atoms with E-state index in [1.807, 2.05) is 13.1 Å². The van der Waals surface area contributed by atoms with Crippen LogP contribution in [0.25, 0.3) is 10.9 Å². The van der Waals surface area contributed by atoms with Crippen molar-refractivity contribution in [3.8, 4) is 0 Å². The monoisotopic (exact) mass is 233 g/mol. The summed E-state index contributed by atoms with van der Waals surface area (Å²) in [4.78, 5) is 0. The summed E-state index contributed by atoms with van der Waals surface area (Å²) in [5.41, 5.74) is 1.94. The molecule has 3 nitrogen and oxygen atoms in total. The number of rotatable bonds is 2. The highest BCUT2D eigenvalue weighted by Gasteiger charge is 2.18. The van der Waals surface area contributed by atoms with Crippen LogP contribution in [0, 0.1) is 5.82 Å². The first-order valence-corrected chi connectivity index (χ1v) is 6.08. The van der Waals surface area contributed by atoms with Crippen LogP contribution in [0.4, 0.5) is 4.39 Å². The van der Waals surface area contributed by atoms with E-state index in [2.05, 4.69) is 10.4 Å². The second kappa shape index (κ2) is 4.11. The number of aromatic nitrogens is 2. The van der Waals surface area contributed by atoms with Crippen LogP contribution >= 0.6 is 0 Å². The largest absolute Gasteiger partial charge is 0.314 e.